The molecule has 0 aromatic rings. The lowest BCUT2D eigenvalue weighted by Gasteiger charge is -2.20. The van der Waals surface area contributed by atoms with E-state index in [1.807, 2.05) is 0 Å². The van der Waals surface area contributed by atoms with Crippen molar-refractivity contribution in [2.24, 2.45) is 0 Å². The van der Waals surface area contributed by atoms with E-state index in [-0.39, 0.29) is 19.4 Å². The topological polar surface area (TPSA) is 149 Å². The van der Waals surface area contributed by atoms with E-state index in [9.17, 15) is 24.2 Å². The van der Waals surface area contributed by atoms with Crippen molar-refractivity contribution in [1.82, 2.24) is 0 Å². The first-order valence-electron chi connectivity index (χ1n) is 21.2. The molecule has 0 aliphatic heterocycles. The molecule has 3 N–H and O–H groups in total. The molecule has 3 atom stereocenters. The zero-order valence-corrected chi connectivity index (χ0v) is 35.9. The number of hydrogen-bond acceptors (Lipinski definition) is 9. The van der Waals surface area contributed by atoms with Crippen LogP contribution in [0.5, 0.6) is 0 Å². The minimum atomic E-state index is -4.64. The Morgan fingerprint density at radius 3 is 1.39 bits per heavy atom. The Labute approximate surface area is 344 Å². The van der Waals surface area contributed by atoms with Crippen LogP contribution in [-0.4, -0.2) is 65.7 Å². The quantitative estimate of drug-likeness (QED) is 0.0238. The molecule has 0 aromatic carbocycles. The van der Waals surface area contributed by atoms with Crippen molar-refractivity contribution in [3.05, 3.63) is 97.2 Å². The Bertz CT molecular complexity index is 1260. The number of carbonyl (C=O) groups is 2. The SMILES string of the molecule is CC/C=C/C/C=C/C/C=C/C/C=C/C/C=C/CCCCCC(=O)O[C@H](COC(=O)CCCCCCC/C=C/C/C=C/C/C=C/CC)COP(=O)(O)OC[C@@H](O)CO. The highest BCUT2D eigenvalue weighted by Crippen LogP contribution is 2.43. The van der Waals surface area contributed by atoms with Gasteiger partial charge in [-0.05, 0) is 89.9 Å². The molecular weight excluding hydrogens is 743 g/mol. The molecule has 0 heterocycles. The molecule has 0 saturated carbocycles. The summed E-state index contributed by atoms with van der Waals surface area (Å²) in [5.74, 6) is -0.994. The maximum atomic E-state index is 12.6. The summed E-state index contributed by atoms with van der Waals surface area (Å²) in [6.07, 6.45) is 49.4. The molecule has 0 bridgehead atoms. The number of hydrogen-bond donors (Lipinski definition) is 3. The van der Waals surface area contributed by atoms with Crippen molar-refractivity contribution in [2.75, 3.05) is 26.4 Å². The summed E-state index contributed by atoms with van der Waals surface area (Å²) in [6.45, 7) is 2.07. The van der Waals surface area contributed by atoms with Crippen LogP contribution in [0.15, 0.2) is 97.2 Å². The minimum absolute atomic E-state index is 0.135. The van der Waals surface area contributed by atoms with E-state index in [2.05, 4.69) is 116 Å². The highest BCUT2D eigenvalue weighted by molar-refractivity contribution is 7.47. The Morgan fingerprint density at radius 2 is 0.912 bits per heavy atom. The van der Waals surface area contributed by atoms with E-state index in [1.165, 1.54) is 0 Å². The third kappa shape index (κ3) is 40.9. The summed E-state index contributed by atoms with van der Waals surface area (Å²) < 4.78 is 32.6. The zero-order valence-electron chi connectivity index (χ0n) is 35.0. The maximum absolute atomic E-state index is 12.6. The first-order chi connectivity index (χ1) is 27.7. The number of carbonyl (C=O) groups excluding carboxylic acids is 2. The summed E-state index contributed by atoms with van der Waals surface area (Å²) in [4.78, 5) is 35.0. The third-order valence-corrected chi connectivity index (χ3v) is 9.18. The fraction of sp³-hybridized carbons (Fsp3) is 0.609. The molecule has 0 saturated heterocycles. The Hall–Kier alpha value is -3.11. The van der Waals surface area contributed by atoms with Crippen molar-refractivity contribution in [2.45, 2.75) is 154 Å². The number of esters is 2. The smallest absolute Gasteiger partial charge is 0.462 e. The second-order valence-electron chi connectivity index (χ2n) is 13.6. The van der Waals surface area contributed by atoms with Gasteiger partial charge in [-0.1, -0.05) is 137 Å². The standard InChI is InChI=1S/C46H75O10P/c1-3-5-7-9-11-13-15-17-19-20-21-22-24-26-28-30-32-34-36-38-46(50)56-44(42-55-57(51,52)54-40-43(48)39-47)41-53-45(49)37-35-33-31-29-27-25-23-18-16-14-12-10-8-6-4-2/h5-8,11-14,17-19,21-23,26,28,43-44,47-48H,3-4,9-10,15-16,20,24-25,27,29-42H2,1-2H3,(H,51,52)/b7-5+,8-6+,13-11+,14-12+,19-17+,22-21+,23-18+,28-26+/t43-,44+/m0/s1. The molecule has 0 spiro atoms. The van der Waals surface area contributed by atoms with Crippen LogP contribution < -0.4 is 0 Å². The fourth-order valence-corrected chi connectivity index (χ4v) is 5.82. The molecule has 57 heavy (non-hydrogen) atoms. The number of aliphatic hydroxyl groups is 2. The predicted molar refractivity (Wildman–Crippen MR) is 232 cm³/mol. The molecule has 0 rings (SSSR count). The van der Waals surface area contributed by atoms with Gasteiger partial charge < -0.3 is 24.6 Å². The van der Waals surface area contributed by atoms with Crippen molar-refractivity contribution in [3.8, 4) is 0 Å². The van der Waals surface area contributed by atoms with E-state index in [4.69, 9.17) is 19.1 Å². The molecule has 0 radical (unpaired) electrons. The van der Waals surface area contributed by atoms with Gasteiger partial charge in [0.15, 0.2) is 6.10 Å². The Balaban J connectivity index is 4.43. The molecule has 0 aromatic heterocycles. The lowest BCUT2D eigenvalue weighted by atomic mass is 10.1. The van der Waals surface area contributed by atoms with Gasteiger partial charge in [-0.3, -0.25) is 18.6 Å². The van der Waals surface area contributed by atoms with Gasteiger partial charge in [-0.25, -0.2) is 4.57 Å². The molecular formula is C46H75O10P. The molecule has 324 valence electrons. The van der Waals surface area contributed by atoms with Gasteiger partial charge in [0.1, 0.15) is 12.7 Å². The second kappa shape index (κ2) is 41.1. The van der Waals surface area contributed by atoms with E-state index in [0.717, 1.165) is 103 Å². The number of phosphoric ester groups is 1. The van der Waals surface area contributed by atoms with Crippen LogP contribution in [0.2, 0.25) is 0 Å². The molecule has 10 nitrogen and oxygen atoms in total. The monoisotopic (exact) mass is 819 g/mol. The van der Waals surface area contributed by atoms with Crippen molar-refractivity contribution < 1.29 is 47.8 Å². The average molecular weight is 819 g/mol. The van der Waals surface area contributed by atoms with Crippen molar-refractivity contribution in [3.63, 3.8) is 0 Å². The molecule has 0 aliphatic rings. The zero-order chi connectivity index (χ0) is 41.9. The predicted octanol–water partition coefficient (Wildman–Crippen LogP) is 11.2. The van der Waals surface area contributed by atoms with Crippen LogP contribution in [0.25, 0.3) is 0 Å². The average Bonchev–Trinajstić information content (AvgIpc) is 3.20. The number of rotatable bonds is 38. The van der Waals surface area contributed by atoms with E-state index < -0.39 is 51.8 Å². The minimum Gasteiger partial charge on any atom is -0.462 e. The van der Waals surface area contributed by atoms with E-state index in [1.54, 1.807) is 0 Å². The van der Waals surface area contributed by atoms with Crippen LogP contribution in [0.1, 0.15) is 142 Å². The number of aliphatic hydroxyl groups excluding tert-OH is 2. The van der Waals surface area contributed by atoms with Gasteiger partial charge >= 0.3 is 19.8 Å². The largest absolute Gasteiger partial charge is 0.472 e. The number of ether oxygens (including phenoxy) is 2. The summed E-state index contributed by atoms with van der Waals surface area (Å²) >= 11 is 0. The van der Waals surface area contributed by atoms with Gasteiger partial charge in [0.2, 0.25) is 0 Å². The molecule has 1 unspecified atom stereocenters. The van der Waals surface area contributed by atoms with Crippen LogP contribution in [-0.2, 0) is 32.7 Å². The third-order valence-electron chi connectivity index (χ3n) is 8.23. The second-order valence-corrected chi connectivity index (χ2v) is 15.1. The summed E-state index contributed by atoms with van der Waals surface area (Å²) in [5, 5.41) is 18.3. The normalized spacial score (nSPS) is 14.8. The molecule has 0 amide bonds. The van der Waals surface area contributed by atoms with Crippen LogP contribution in [0, 0.1) is 0 Å². The maximum Gasteiger partial charge on any atom is 0.472 e. The summed E-state index contributed by atoms with van der Waals surface area (Å²) in [7, 11) is -4.64. The van der Waals surface area contributed by atoms with Crippen LogP contribution in [0.4, 0.5) is 0 Å². The van der Waals surface area contributed by atoms with Gasteiger partial charge in [0.25, 0.3) is 0 Å². The highest BCUT2D eigenvalue weighted by atomic mass is 31.2. The Morgan fingerprint density at radius 1 is 0.526 bits per heavy atom. The number of allylic oxidation sites excluding steroid dienone is 16. The fourth-order valence-electron chi connectivity index (χ4n) is 5.03. The number of phosphoric acid groups is 1. The number of unbranched alkanes of at least 4 members (excludes halogenated alkanes) is 8. The van der Waals surface area contributed by atoms with Crippen molar-refractivity contribution in [1.29, 1.82) is 0 Å². The summed E-state index contributed by atoms with van der Waals surface area (Å²) in [6, 6.07) is 0. The van der Waals surface area contributed by atoms with Gasteiger partial charge in [0.05, 0.1) is 19.8 Å². The first-order valence-corrected chi connectivity index (χ1v) is 22.7. The molecule has 0 fully saturated rings. The van der Waals surface area contributed by atoms with E-state index >= 15 is 0 Å². The highest BCUT2D eigenvalue weighted by Gasteiger charge is 2.27. The first kappa shape index (κ1) is 53.9. The molecule has 0 aliphatic carbocycles. The summed E-state index contributed by atoms with van der Waals surface area (Å²) in [5.41, 5.74) is 0. The Kier molecular flexibility index (Phi) is 38.8. The lowest BCUT2D eigenvalue weighted by molar-refractivity contribution is -0.161. The van der Waals surface area contributed by atoms with Crippen LogP contribution >= 0.6 is 7.82 Å². The van der Waals surface area contributed by atoms with Gasteiger partial charge in [-0.15, -0.1) is 0 Å². The lowest BCUT2D eigenvalue weighted by Crippen LogP contribution is -2.29. The molecule has 11 heteroatoms. The van der Waals surface area contributed by atoms with Gasteiger partial charge in [-0.2, -0.15) is 0 Å². The van der Waals surface area contributed by atoms with Gasteiger partial charge in [0, 0.05) is 12.8 Å². The van der Waals surface area contributed by atoms with Crippen molar-refractivity contribution >= 4 is 19.8 Å². The van der Waals surface area contributed by atoms with E-state index in [0.29, 0.717) is 12.8 Å². The van der Waals surface area contributed by atoms with Crippen LogP contribution in [0.3, 0.4) is 0 Å².